The molecule has 2 amide bonds. The summed E-state index contributed by atoms with van der Waals surface area (Å²) >= 11 is 0. The fraction of sp³-hybridized carbons (Fsp3) is 0.562. The van der Waals surface area contributed by atoms with Gasteiger partial charge >= 0.3 is 0 Å². The molecule has 6 nitrogen and oxygen atoms in total. The van der Waals surface area contributed by atoms with Gasteiger partial charge in [0.1, 0.15) is 6.61 Å². The number of rotatable bonds is 1. The predicted octanol–water partition coefficient (Wildman–Crippen LogP) is 0.711. The van der Waals surface area contributed by atoms with Crippen molar-refractivity contribution in [1.29, 1.82) is 0 Å². The van der Waals surface area contributed by atoms with Crippen molar-refractivity contribution < 1.29 is 14.3 Å². The van der Waals surface area contributed by atoms with Gasteiger partial charge in [0.25, 0.3) is 5.91 Å². The third kappa shape index (κ3) is 2.83. The predicted molar refractivity (Wildman–Crippen MR) is 80.4 cm³/mol. The first-order valence-electron chi connectivity index (χ1n) is 7.53. The summed E-state index contributed by atoms with van der Waals surface area (Å²) in [5.74, 6) is 0.00647. The van der Waals surface area contributed by atoms with Crippen molar-refractivity contribution in [3.05, 3.63) is 29.6 Å². The van der Waals surface area contributed by atoms with Gasteiger partial charge in [0.15, 0.2) is 0 Å². The van der Waals surface area contributed by atoms with Crippen molar-refractivity contribution in [2.75, 3.05) is 39.9 Å². The van der Waals surface area contributed by atoms with E-state index in [-0.39, 0.29) is 23.8 Å². The summed E-state index contributed by atoms with van der Waals surface area (Å²) in [6.07, 6.45) is 2.48. The Kier molecular flexibility index (Phi) is 3.87. The van der Waals surface area contributed by atoms with Crippen LogP contribution in [0.2, 0.25) is 0 Å². The molecule has 2 aliphatic rings. The quantitative estimate of drug-likeness (QED) is 0.766. The minimum absolute atomic E-state index is 0.00241. The summed E-state index contributed by atoms with van der Waals surface area (Å²) in [4.78, 5) is 32.1. The second-order valence-corrected chi connectivity index (χ2v) is 6.41. The number of carbonyl (C=O) groups is 2. The first-order valence-corrected chi connectivity index (χ1v) is 7.53. The highest BCUT2D eigenvalue weighted by atomic mass is 16.5. The fourth-order valence-corrected chi connectivity index (χ4v) is 3.23. The van der Waals surface area contributed by atoms with Crippen LogP contribution in [0, 0.1) is 12.3 Å². The molecule has 118 valence electrons. The number of hydrogen-bond donors (Lipinski definition) is 0. The van der Waals surface area contributed by atoms with Crippen LogP contribution < -0.4 is 0 Å². The zero-order valence-corrected chi connectivity index (χ0v) is 13.0. The highest BCUT2D eigenvalue weighted by Crippen LogP contribution is 2.33. The van der Waals surface area contributed by atoms with Crippen LogP contribution in [0.3, 0.4) is 0 Å². The summed E-state index contributed by atoms with van der Waals surface area (Å²) in [6.45, 7) is 4.51. The average molecular weight is 303 g/mol. The molecule has 1 aromatic rings. The van der Waals surface area contributed by atoms with Gasteiger partial charge in [0.2, 0.25) is 5.91 Å². The molecule has 2 fully saturated rings. The van der Waals surface area contributed by atoms with E-state index in [9.17, 15) is 9.59 Å². The molecule has 0 bridgehead atoms. The third-order valence-corrected chi connectivity index (χ3v) is 4.52. The van der Waals surface area contributed by atoms with E-state index in [0.29, 0.717) is 31.8 Å². The molecule has 22 heavy (non-hydrogen) atoms. The molecule has 3 heterocycles. The Morgan fingerprint density at radius 3 is 2.91 bits per heavy atom. The Bertz CT molecular complexity index is 587. The fourth-order valence-electron chi connectivity index (χ4n) is 3.23. The molecular weight excluding hydrogens is 282 g/mol. The smallest absolute Gasteiger partial charge is 0.255 e. The molecule has 1 atom stereocenters. The van der Waals surface area contributed by atoms with Crippen molar-refractivity contribution in [2.45, 2.75) is 13.3 Å². The Balaban J connectivity index is 1.72. The Morgan fingerprint density at radius 2 is 2.18 bits per heavy atom. The molecule has 6 heteroatoms. The SMILES string of the molecule is Cc1ccc(C(=O)N2CCC3(COCC(=O)N(C)C3)C2)cn1. The summed E-state index contributed by atoms with van der Waals surface area (Å²) < 4.78 is 5.52. The number of pyridine rings is 1. The van der Waals surface area contributed by atoms with Gasteiger partial charge in [-0.1, -0.05) is 0 Å². The first-order chi connectivity index (χ1) is 10.5. The molecule has 3 rings (SSSR count). The van der Waals surface area contributed by atoms with Crippen LogP contribution in [0.1, 0.15) is 22.5 Å². The monoisotopic (exact) mass is 303 g/mol. The Hall–Kier alpha value is -1.95. The number of aromatic nitrogens is 1. The Labute approximate surface area is 130 Å². The zero-order chi connectivity index (χ0) is 15.7. The molecule has 1 spiro atoms. The van der Waals surface area contributed by atoms with Gasteiger partial charge in [-0.25, -0.2) is 0 Å². The van der Waals surface area contributed by atoms with Crippen LogP contribution in [0.5, 0.6) is 0 Å². The number of amides is 2. The van der Waals surface area contributed by atoms with Crippen LogP contribution in [-0.4, -0.2) is 66.5 Å². The molecule has 2 aliphatic heterocycles. The van der Waals surface area contributed by atoms with Crippen LogP contribution in [0.25, 0.3) is 0 Å². The van der Waals surface area contributed by atoms with Gasteiger partial charge in [0.05, 0.1) is 12.2 Å². The number of aryl methyl sites for hydroxylation is 1. The maximum absolute atomic E-state index is 12.6. The van der Waals surface area contributed by atoms with Gasteiger partial charge in [-0.2, -0.15) is 0 Å². The molecule has 0 radical (unpaired) electrons. The number of carbonyl (C=O) groups excluding carboxylic acids is 2. The van der Waals surface area contributed by atoms with E-state index in [2.05, 4.69) is 4.98 Å². The van der Waals surface area contributed by atoms with Crippen LogP contribution in [-0.2, 0) is 9.53 Å². The largest absolute Gasteiger partial charge is 0.371 e. The molecule has 2 saturated heterocycles. The maximum atomic E-state index is 12.6. The molecular formula is C16H21N3O3. The van der Waals surface area contributed by atoms with Gasteiger partial charge in [0, 0.05) is 44.0 Å². The lowest BCUT2D eigenvalue weighted by Gasteiger charge is -2.29. The van der Waals surface area contributed by atoms with Crippen molar-refractivity contribution in [3.8, 4) is 0 Å². The lowest BCUT2D eigenvalue weighted by atomic mass is 9.88. The van der Waals surface area contributed by atoms with Crippen LogP contribution >= 0.6 is 0 Å². The lowest BCUT2D eigenvalue weighted by Crippen LogP contribution is -2.41. The van der Waals surface area contributed by atoms with Crippen LogP contribution in [0.15, 0.2) is 18.3 Å². The highest BCUT2D eigenvalue weighted by Gasteiger charge is 2.43. The molecule has 1 unspecified atom stereocenters. The van der Waals surface area contributed by atoms with E-state index in [1.165, 1.54) is 0 Å². The molecule has 0 aromatic carbocycles. The van der Waals surface area contributed by atoms with E-state index >= 15 is 0 Å². The van der Waals surface area contributed by atoms with Crippen LogP contribution in [0.4, 0.5) is 0 Å². The van der Waals surface area contributed by atoms with Crippen molar-refractivity contribution in [2.24, 2.45) is 5.41 Å². The van der Waals surface area contributed by atoms with E-state index < -0.39 is 0 Å². The summed E-state index contributed by atoms with van der Waals surface area (Å²) in [5, 5.41) is 0. The summed E-state index contributed by atoms with van der Waals surface area (Å²) in [7, 11) is 1.80. The van der Waals surface area contributed by atoms with E-state index in [1.54, 1.807) is 18.1 Å². The summed E-state index contributed by atoms with van der Waals surface area (Å²) in [5.41, 5.74) is 1.36. The van der Waals surface area contributed by atoms with Gasteiger partial charge < -0.3 is 14.5 Å². The van der Waals surface area contributed by atoms with Gasteiger partial charge in [-0.05, 0) is 25.5 Å². The number of nitrogens with zero attached hydrogens (tertiary/aromatic N) is 3. The minimum Gasteiger partial charge on any atom is -0.371 e. The second kappa shape index (κ2) is 5.68. The van der Waals surface area contributed by atoms with Crippen molar-refractivity contribution >= 4 is 11.8 Å². The van der Waals surface area contributed by atoms with Crippen molar-refractivity contribution in [1.82, 2.24) is 14.8 Å². The number of likely N-dealkylation sites (N-methyl/N-ethyl adjacent to an activating group) is 1. The van der Waals surface area contributed by atoms with E-state index in [1.807, 2.05) is 24.0 Å². The molecule has 1 aromatic heterocycles. The standard InChI is InChI=1S/C16H21N3O3/c1-12-3-4-13(7-17-12)15(21)19-6-5-16(10-19)9-18(2)14(20)8-22-11-16/h3-4,7H,5-6,8-11H2,1-2H3. The van der Waals surface area contributed by atoms with E-state index in [0.717, 1.165) is 12.1 Å². The average Bonchev–Trinajstić information content (AvgIpc) is 2.85. The first kappa shape index (κ1) is 15.0. The number of likely N-dealkylation sites (tertiary alicyclic amines) is 1. The summed E-state index contributed by atoms with van der Waals surface area (Å²) in [6, 6.07) is 3.66. The maximum Gasteiger partial charge on any atom is 0.255 e. The van der Waals surface area contributed by atoms with E-state index in [4.69, 9.17) is 4.74 Å². The van der Waals surface area contributed by atoms with Gasteiger partial charge in [-0.3, -0.25) is 14.6 Å². The molecule has 0 saturated carbocycles. The highest BCUT2D eigenvalue weighted by molar-refractivity contribution is 5.94. The number of hydrogen-bond acceptors (Lipinski definition) is 4. The van der Waals surface area contributed by atoms with Gasteiger partial charge in [-0.15, -0.1) is 0 Å². The normalized spacial score (nSPS) is 25.6. The Morgan fingerprint density at radius 1 is 1.36 bits per heavy atom. The second-order valence-electron chi connectivity index (χ2n) is 6.41. The minimum atomic E-state index is -0.144. The van der Waals surface area contributed by atoms with Crippen molar-refractivity contribution in [3.63, 3.8) is 0 Å². The molecule has 0 aliphatic carbocycles. The zero-order valence-electron chi connectivity index (χ0n) is 13.0. The topological polar surface area (TPSA) is 62.7 Å². The third-order valence-electron chi connectivity index (χ3n) is 4.52. The lowest BCUT2D eigenvalue weighted by molar-refractivity contribution is -0.132. The number of ether oxygens (including phenoxy) is 1. The molecule has 0 N–H and O–H groups in total.